The van der Waals surface area contributed by atoms with Gasteiger partial charge in [0.05, 0.1) is 25.4 Å². The second kappa shape index (κ2) is 36.0. The average molecular weight is 703 g/mol. The van der Waals surface area contributed by atoms with Crippen molar-refractivity contribution in [2.45, 2.75) is 212 Å². The lowest BCUT2D eigenvalue weighted by molar-refractivity contribution is -0.123. The van der Waals surface area contributed by atoms with Gasteiger partial charge >= 0.3 is 7.82 Å². The number of aliphatic hydroxyl groups excluding tert-OH is 1. The summed E-state index contributed by atoms with van der Waals surface area (Å²) in [5.74, 6) is -0.192. The van der Waals surface area contributed by atoms with Gasteiger partial charge in [-0.25, -0.2) is 4.57 Å². The Morgan fingerprint density at radius 3 is 1.48 bits per heavy atom. The van der Waals surface area contributed by atoms with E-state index < -0.39 is 20.0 Å². The van der Waals surface area contributed by atoms with Crippen LogP contribution in [0.4, 0.5) is 0 Å². The van der Waals surface area contributed by atoms with E-state index in [1.165, 1.54) is 141 Å². The molecule has 0 saturated carbocycles. The minimum absolute atomic E-state index is 0.0811. The summed E-state index contributed by atoms with van der Waals surface area (Å²) in [5, 5.41) is 13.6. The van der Waals surface area contributed by atoms with Crippen molar-refractivity contribution in [2.75, 3.05) is 19.8 Å². The lowest BCUT2D eigenvalue weighted by Crippen LogP contribution is -2.45. The monoisotopic (exact) mass is 703 g/mol. The highest BCUT2D eigenvalue weighted by Gasteiger charge is 2.26. The molecule has 5 N–H and O–H groups in total. The van der Waals surface area contributed by atoms with Gasteiger partial charge in [-0.1, -0.05) is 187 Å². The number of phosphoric acid groups is 1. The molecule has 0 heterocycles. The molecule has 8 nitrogen and oxygen atoms in total. The van der Waals surface area contributed by atoms with Gasteiger partial charge in [0.25, 0.3) is 0 Å². The van der Waals surface area contributed by atoms with E-state index in [-0.39, 0.29) is 25.7 Å². The summed E-state index contributed by atoms with van der Waals surface area (Å²) in [6, 6.07) is -0.853. The number of nitrogens with one attached hydrogen (secondary N) is 1. The first kappa shape index (κ1) is 47.2. The van der Waals surface area contributed by atoms with Crippen molar-refractivity contribution in [1.29, 1.82) is 0 Å². The van der Waals surface area contributed by atoms with Crippen molar-refractivity contribution in [3.8, 4) is 0 Å². The summed E-state index contributed by atoms with van der Waals surface area (Å²) < 4.78 is 22.1. The molecule has 0 aliphatic rings. The third kappa shape index (κ3) is 33.7. The second-order valence-electron chi connectivity index (χ2n) is 13.9. The van der Waals surface area contributed by atoms with Crippen LogP contribution in [0.15, 0.2) is 12.2 Å². The molecule has 0 spiro atoms. The fourth-order valence-corrected chi connectivity index (χ4v) is 6.77. The van der Waals surface area contributed by atoms with Crippen molar-refractivity contribution < 1.29 is 28.4 Å². The Bertz CT molecular complexity index is 769. The van der Waals surface area contributed by atoms with E-state index in [4.69, 9.17) is 14.8 Å². The van der Waals surface area contributed by atoms with Gasteiger partial charge in [-0.05, 0) is 19.3 Å². The highest BCUT2D eigenvalue weighted by Crippen LogP contribution is 2.43. The summed E-state index contributed by atoms with van der Waals surface area (Å²) in [6.07, 6.45) is 38.2. The molecule has 3 atom stereocenters. The van der Waals surface area contributed by atoms with E-state index in [0.717, 1.165) is 38.5 Å². The highest BCUT2D eigenvalue weighted by atomic mass is 31.2. The Morgan fingerprint density at radius 1 is 0.667 bits per heavy atom. The molecule has 0 bridgehead atoms. The quantitative estimate of drug-likeness (QED) is 0.0286. The van der Waals surface area contributed by atoms with E-state index in [2.05, 4.69) is 19.2 Å². The van der Waals surface area contributed by atoms with Crippen LogP contribution in [-0.2, 0) is 18.4 Å². The number of carbonyl (C=O) groups is 1. The van der Waals surface area contributed by atoms with E-state index in [9.17, 15) is 19.4 Å². The van der Waals surface area contributed by atoms with Crippen LogP contribution in [0.25, 0.3) is 0 Å². The number of rotatable bonds is 38. The highest BCUT2D eigenvalue weighted by molar-refractivity contribution is 7.47. The maximum absolute atomic E-state index is 12.7. The van der Waals surface area contributed by atoms with Gasteiger partial charge < -0.3 is 21.1 Å². The largest absolute Gasteiger partial charge is 0.472 e. The summed E-state index contributed by atoms with van der Waals surface area (Å²) in [4.78, 5) is 22.6. The van der Waals surface area contributed by atoms with Crippen LogP contribution in [0.5, 0.6) is 0 Å². The SMILES string of the molecule is CCCCCCCCCCCCC/C=C/[C@@H](O)[C@H](COP(=O)(O)OCCN)NC(=O)CCCCCCCCCCCCCCCCCC. The first-order valence-electron chi connectivity index (χ1n) is 20.3. The molecule has 0 fully saturated rings. The van der Waals surface area contributed by atoms with Crippen molar-refractivity contribution in [3.63, 3.8) is 0 Å². The maximum atomic E-state index is 12.7. The molecule has 0 saturated heterocycles. The molecule has 1 unspecified atom stereocenters. The van der Waals surface area contributed by atoms with Crippen LogP contribution in [0.2, 0.25) is 0 Å². The summed E-state index contributed by atoms with van der Waals surface area (Å²) >= 11 is 0. The summed E-state index contributed by atoms with van der Waals surface area (Å²) in [5.41, 5.74) is 5.36. The lowest BCUT2D eigenvalue weighted by Gasteiger charge is -2.23. The van der Waals surface area contributed by atoms with Gasteiger partial charge in [-0.2, -0.15) is 0 Å². The number of carbonyl (C=O) groups excluding carboxylic acids is 1. The fourth-order valence-electron chi connectivity index (χ4n) is 6.01. The average Bonchev–Trinajstić information content (AvgIpc) is 3.07. The Kier molecular flexibility index (Phi) is 35.5. The molecule has 0 aromatic carbocycles. The maximum Gasteiger partial charge on any atom is 0.472 e. The number of hydrogen-bond donors (Lipinski definition) is 4. The molecule has 9 heteroatoms. The topological polar surface area (TPSA) is 131 Å². The Balaban J connectivity index is 4.23. The molecule has 0 aromatic rings. The Morgan fingerprint density at radius 2 is 1.06 bits per heavy atom. The summed E-state index contributed by atoms with van der Waals surface area (Å²) in [7, 11) is -4.33. The standard InChI is InChI=1S/C39H79N2O6P/c1-3-5-7-9-11-13-15-17-18-19-21-23-25-27-29-31-33-39(43)41-37(36-47-48(44,45)46-35-34-40)38(42)32-30-28-26-24-22-20-16-14-12-10-8-6-4-2/h30,32,37-38,42H,3-29,31,33-36,40H2,1-2H3,(H,41,43)(H,44,45)/b32-30+/t37-,38+/m0/s1. The normalized spacial score (nSPS) is 14.4. The van der Waals surface area contributed by atoms with Crippen LogP contribution < -0.4 is 11.1 Å². The lowest BCUT2D eigenvalue weighted by atomic mass is 10.0. The Hall–Kier alpha value is -0.760. The van der Waals surface area contributed by atoms with Crippen LogP contribution in [0.3, 0.4) is 0 Å². The molecule has 0 rings (SSSR count). The number of unbranched alkanes of at least 4 members (excludes halogenated alkanes) is 26. The Labute approximate surface area is 296 Å². The first-order valence-corrected chi connectivity index (χ1v) is 21.8. The van der Waals surface area contributed by atoms with Crippen LogP contribution >= 0.6 is 7.82 Å². The molecule has 0 radical (unpaired) electrons. The zero-order valence-corrected chi connectivity index (χ0v) is 32.4. The zero-order chi connectivity index (χ0) is 35.4. The van der Waals surface area contributed by atoms with Gasteiger partial charge in [-0.3, -0.25) is 13.8 Å². The molecule has 1 amide bonds. The molecular formula is C39H79N2O6P. The molecule has 286 valence electrons. The molecule has 48 heavy (non-hydrogen) atoms. The molecular weight excluding hydrogens is 623 g/mol. The van der Waals surface area contributed by atoms with E-state index in [1.807, 2.05) is 6.08 Å². The van der Waals surface area contributed by atoms with E-state index in [1.54, 1.807) is 6.08 Å². The van der Waals surface area contributed by atoms with Crippen LogP contribution in [0.1, 0.15) is 200 Å². The number of phosphoric ester groups is 1. The second-order valence-corrected chi connectivity index (χ2v) is 15.3. The number of aliphatic hydroxyl groups is 1. The number of allylic oxidation sites excluding steroid dienone is 1. The van der Waals surface area contributed by atoms with Gasteiger partial charge in [0.1, 0.15) is 0 Å². The van der Waals surface area contributed by atoms with Gasteiger partial charge in [0.15, 0.2) is 0 Å². The van der Waals surface area contributed by atoms with E-state index >= 15 is 0 Å². The third-order valence-corrected chi connectivity index (χ3v) is 10.1. The van der Waals surface area contributed by atoms with Crippen molar-refractivity contribution in [3.05, 3.63) is 12.2 Å². The molecule has 0 aliphatic heterocycles. The first-order chi connectivity index (χ1) is 23.4. The molecule has 0 aliphatic carbocycles. The predicted molar refractivity (Wildman–Crippen MR) is 203 cm³/mol. The van der Waals surface area contributed by atoms with Gasteiger partial charge in [-0.15, -0.1) is 0 Å². The number of hydrogen-bond acceptors (Lipinski definition) is 6. The third-order valence-electron chi connectivity index (χ3n) is 9.11. The predicted octanol–water partition coefficient (Wildman–Crippen LogP) is 10.8. The summed E-state index contributed by atoms with van der Waals surface area (Å²) in [6.45, 7) is 4.14. The molecule has 0 aromatic heterocycles. The van der Waals surface area contributed by atoms with Gasteiger partial charge in [0, 0.05) is 13.0 Å². The number of nitrogens with two attached hydrogens (primary N) is 1. The zero-order valence-electron chi connectivity index (χ0n) is 31.5. The van der Waals surface area contributed by atoms with Crippen molar-refractivity contribution in [1.82, 2.24) is 5.32 Å². The fraction of sp³-hybridized carbons (Fsp3) is 0.923. The number of amides is 1. The van der Waals surface area contributed by atoms with Crippen LogP contribution in [-0.4, -0.2) is 47.8 Å². The minimum Gasteiger partial charge on any atom is -0.387 e. The smallest absolute Gasteiger partial charge is 0.387 e. The van der Waals surface area contributed by atoms with Crippen molar-refractivity contribution in [2.24, 2.45) is 5.73 Å². The van der Waals surface area contributed by atoms with Crippen molar-refractivity contribution >= 4 is 13.7 Å². The van der Waals surface area contributed by atoms with E-state index in [0.29, 0.717) is 6.42 Å². The van der Waals surface area contributed by atoms with Crippen LogP contribution in [0, 0.1) is 0 Å². The minimum atomic E-state index is -4.33. The van der Waals surface area contributed by atoms with Gasteiger partial charge in [0.2, 0.25) is 5.91 Å².